The summed E-state index contributed by atoms with van der Waals surface area (Å²) in [6, 6.07) is 0. The van der Waals surface area contributed by atoms with Crippen LogP contribution in [0.25, 0.3) is 0 Å². The number of hydrogen-bond acceptors (Lipinski definition) is 2. The second-order valence-corrected chi connectivity index (χ2v) is 5.21. The van der Waals surface area contributed by atoms with Gasteiger partial charge in [-0.1, -0.05) is 12.2 Å². The van der Waals surface area contributed by atoms with Crippen molar-refractivity contribution in [2.45, 2.75) is 25.7 Å². The quantitative estimate of drug-likeness (QED) is 0.341. The first-order chi connectivity index (χ1) is 8.88. The molecule has 0 radical (unpaired) electrons. The molecular weight excluding hydrogens is 353 g/mol. The molecule has 4 nitrogen and oxygen atoms in total. The highest BCUT2D eigenvalue weighted by atomic mass is 127. The molecule has 0 bridgehead atoms. The molecular formula is C14H26IN3O. The number of ether oxygens (including phenoxy) is 1. The summed E-state index contributed by atoms with van der Waals surface area (Å²) in [7, 11) is 1.83. The van der Waals surface area contributed by atoms with Crippen molar-refractivity contribution in [2.75, 3.05) is 33.4 Å². The fourth-order valence-electron chi connectivity index (χ4n) is 2.49. The second-order valence-electron chi connectivity index (χ2n) is 5.21. The molecule has 0 spiro atoms. The predicted molar refractivity (Wildman–Crippen MR) is 90.2 cm³/mol. The minimum Gasteiger partial charge on any atom is -0.381 e. The number of nitrogens with one attached hydrogen (secondary N) is 2. The minimum absolute atomic E-state index is 0. The molecule has 1 aliphatic heterocycles. The Labute approximate surface area is 133 Å². The molecule has 1 saturated heterocycles. The summed E-state index contributed by atoms with van der Waals surface area (Å²) in [5, 5.41) is 6.82. The lowest BCUT2D eigenvalue weighted by atomic mass is 9.94. The standard InChI is InChI=1S/C14H25N3O.HI/c1-15-14(17-10-13-7-8-18-11-13)16-9-12-5-3-2-4-6-12;/h2-3,12-13H,4-11H2,1H3,(H2,15,16,17);1H. The molecule has 19 heavy (non-hydrogen) atoms. The van der Waals surface area contributed by atoms with E-state index in [-0.39, 0.29) is 24.0 Å². The van der Waals surface area contributed by atoms with Crippen LogP contribution in [0.2, 0.25) is 0 Å². The maximum absolute atomic E-state index is 5.37. The molecule has 0 amide bonds. The van der Waals surface area contributed by atoms with Gasteiger partial charge in [0.15, 0.2) is 5.96 Å². The van der Waals surface area contributed by atoms with Crippen LogP contribution >= 0.6 is 24.0 Å². The van der Waals surface area contributed by atoms with Crippen LogP contribution in [0.5, 0.6) is 0 Å². The van der Waals surface area contributed by atoms with Crippen molar-refractivity contribution in [3.05, 3.63) is 12.2 Å². The molecule has 5 heteroatoms. The number of halogens is 1. The van der Waals surface area contributed by atoms with E-state index < -0.39 is 0 Å². The van der Waals surface area contributed by atoms with E-state index in [4.69, 9.17) is 4.74 Å². The largest absolute Gasteiger partial charge is 0.381 e. The highest BCUT2D eigenvalue weighted by molar-refractivity contribution is 14.0. The van der Waals surface area contributed by atoms with Gasteiger partial charge in [0.2, 0.25) is 0 Å². The lowest BCUT2D eigenvalue weighted by molar-refractivity contribution is 0.186. The predicted octanol–water partition coefficient (Wildman–Crippen LogP) is 2.16. The van der Waals surface area contributed by atoms with E-state index in [1.165, 1.54) is 19.3 Å². The Balaban J connectivity index is 0.00000180. The third-order valence-corrected chi connectivity index (χ3v) is 3.74. The monoisotopic (exact) mass is 379 g/mol. The first-order valence-corrected chi connectivity index (χ1v) is 7.05. The van der Waals surface area contributed by atoms with Gasteiger partial charge in [-0.05, 0) is 31.6 Å². The molecule has 0 aromatic carbocycles. The molecule has 1 heterocycles. The average Bonchev–Trinajstić information content (AvgIpc) is 2.93. The van der Waals surface area contributed by atoms with Gasteiger partial charge in [-0.15, -0.1) is 24.0 Å². The molecule has 0 saturated carbocycles. The van der Waals surface area contributed by atoms with Crippen LogP contribution in [0, 0.1) is 11.8 Å². The Morgan fingerprint density at radius 3 is 2.58 bits per heavy atom. The topological polar surface area (TPSA) is 45.7 Å². The number of allylic oxidation sites excluding steroid dienone is 2. The molecule has 2 N–H and O–H groups in total. The first kappa shape index (κ1) is 16.8. The van der Waals surface area contributed by atoms with Gasteiger partial charge in [-0.25, -0.2) is 0 Å². The summed E-state index contributed by atoms with van der Waals surface area (Å²) in [6.45, 7) is 3.78. The molecule has 0 aromatic rings. The normalized spacial score (nSPS) is 26.9. The Hall–Kier alpha value is -0.300. The Bertz CT molecular complexity index is 301. The van der Waals surface area contributed by atoms with Crippen molar-refractivity contribution in [3.8, 4) is 0 Å². The van der Waals surface area contributed by atoms with Gasteiger partial charge in [0.25, 0.3) is 0 Å². The summed E-state index contributed by atoms with van der Waals surface area (Å²) in [4.78, 5) is 4.27. The van der Waals surface area contributed by atoms with E-state index in [0.29, 0.717) is 5.92 Å². The van der Waals surface area contributed by atoms with Crippen LogP contribution < -0.4 is 10.6 Å². The van der Waals surface area contributed by atoms with Crippen LogP contribution in [0.15, 0.2) is 17.1 Å². The minimum atomic E-state index is 0. The van der Waals surface area contributed by atoms with Crippen LogP contribution in [-0.2, 0) is 4.74 Å². The molecule has 2 atom stereocenters. The fourth-order valence-corrected chi connectivity index (χ4v) is 2.49. The fraction of sp³-hybridized carbons (Fsp3) is 0.786. The molecule has 2 aliphatic rings. The van der Waals surface area contributed by atoms with Gasteiger partial charge in [-0.3, -0.25) is 4.99 Å². The lowest BCUT2D eigenvalue weighted by Gasteiger charge is -2.20. The summed E-state index contributed by atoms with van der Waals surface area (Å²) < 4.78 is 5.37. The van der Waals surface area contributed by atoms with Crippen molar-refractivity contribution in [1.82, 2.24) is 10.6 Å². The lowest BCUT2D eigenvalue weighted by Crippen LogP contribution is -2.42. The van der Waals surface area contributed by atoms with Crippen LogP contribution in [-0.4, -0.2) is 39.3 Å². The van der Waals surface area contributed by atoms with E-state index >= 15 is 0 Å². The van der Waals surface area contributed by atoms with E-state index in [2.05, 4.69) is 27.8 Å². The zero-order chi connectivity index (χ0) is 12.6. The average molecular weight is 379 g/mol. The zero-order valence-corrected chi connectivity index (χ0v) is 14.1. The van der Waals surface area contributed by atoms with Crippen LogP contribution in [0.1, 0.15) is 25.7 Å². The number of hydrogen-bond donors (Lipinski definition) is 2. The Kier molecular flexibility index (Phi) is 8.45. The van der Waals surface area contributed by atoms with Gasteiger partial charge in [0.1, 0.15) is 0 Å². The van der Waals surface area contributed by atoms with Crippen molar-refractivity contribution in [2.24, 2.45) is 16.8 Å². The van der Waals surface area contributed by atoms with E-state index in [0.717, 1.165) is 44.6 Å². The number of nitrogens with zero attached hydrogens (tertiary/aromatic N) is 1. The van der Waals surface area contributed by atoms with Crippen molar-refractivity contribution in [3.63, 3.8) is 0 Å². The van der Waals surface area contributed by atoms with Gasteiger partial charge < -0.3 is 15.4 Å². The zero-order valence-electron chi connectivity index (χ0n) is 11.7. The molecule has 2 unspecified atom stereocenters. The maximum Gasteiger partial charge on any atom is 0.190 e. The SMILES string of the molecule is CN=C(NCC1CC=CCC1)NCC1CCOC1.I. The Morgan fingerprint density at radius 2 is 2.00 bits per heavy atom. The molecule has 0 aromatic heterocycles. The van der Waals surface area contributed by atoms with Gasteiger partial charge in [0.05, 0.1) is 6.61 Å². The highest BCUT2D eigenvalue weighted by Crippen LogP contribution is 2.16. The van der Waals surface area contributed by atoms with Crippen LogP contribution in [0.4, 0.5) is 0 Å². The van der Waals surface area contributed by atoms with E-state index in [1.54, 1.807) is 0 Å². The Morgan fingerprint density at radius 1 is 1.21 bits per heavy atom. The molecule has 110 valence electrons. The van der Waals surface area contributed by atoms with Crippen molar-refractivity contribution >= 4 is 29.9 Å². The van der Waals surface area contributed by atoms with Gasteiger partial charge >= 0.3 is 0 Å². The molecule has 2 rings (SSSR count). The third kappa shape index (κ3) is 6.12. The summed E-state index contributed by atoms with van der Waals surface area (Å²) >= 11 is 0. The molecule has 1 aliphatic carbocycles. The summed E-state index contributed by atoms with van der Waals surface area (Å²) in [5.74, 6) is 2.32. The van der Waals surface area contributed by atoms with Gasteiger partial charge in [-0.2, -0.15) is 0 Å². The number of guanidine groups is 1. The van der Waals surface area contributed by atoms with Crippen molar-refractivity contribution in [1.29, 1.82) is 0 Å². The van der Waals surface area contributed by atoms with Gasteiger partial charge in [0, 0.05) is 32.7 Å². The second kappa shape index (κ2) is 9.58. The van der Waals surface area contributed by atoms with Crippen molar-refractivity contribution < 1.29 is 4.74 Å². The third-order valence-electron chi connectivity index (χ3n) is 3.74. The summed E-state index contributed by atoms with van der Waals surface area (Å²) in [6.07, 6.45) is 9.44. The van der Waals surface area contributed by atoms with E-state index in [9.17, 15) is 0 Å². The van der Waals surface area contributed by atoms with E-state index in [1.807, 2.05) is 7.05 Å². The summed E-state index contributed by atoms with van der Waals surface area (Å²) in [5.41, 5.74) is 0. The highest BCUT2D eigenvalue weighted by Gasteiger charge is 2.16. The maximum atomic E-state index is 5.37. The molecule has 1 fully saturated rings. The van der Waals surface area contributed by atoms with Crippen LogP contribution in [0.3, 0.4) is 0 Å². The smallest absolute Gasteiger partial charge is 0.190 e. The number of rotatable bonds is 4. The number of aliphatic imine (C=N–C) groups is 1. The first-order valence-electron chi connectivity index (χ1n) is 7.05.